The predicted octanol–water partition coefficient (Wildman–Crippen LogP) is 2.14. The summed E-state index contributed by atoms with van der Waals surface area (Å²) < 4.78 is 10.2. The summed E-state index contributed by atoms with van der Waals surface area (Å²) >= 11 is 0. The van der Waals surface area contributed by atoms with Gasteiger partial charge in [-0.15, -0.1) is 0 Å². The Morgan fingerprint density at radius 1 is 0.950 bits per heavy atom. The molecule has 0 aromatic heterocycles. The minimum Gasteiger partial charge on any atom is -0.466 e. The van der Waals surface area contributed by atoms with E-state index in [4.69, 9.17) is 9.47 Å². The van der Waals surface area contributed by atoms with Crippen molar-refractivity contribution in [2.75, 3.05) is 13.2 Å². The first kappa shape index (κ1) is 14.6. The third kappa shape index (κ3) is 3.00. The molecule has 2 atom stereocenters. The van der Waals surface area contributed by atoms with Gasteiger partial charge in [0.05, 0.1) is 25.0 Å². The molecule has 0 amide bonds. The number of fused-ring (bicyclic) bond motifs is 1. The Morgan fingerprint density at radius 3 is 1.70 bits per heavy atom. The molecule has 0 N–H and O–H groups in total. The molecule has 0 spiro atoms. The Balaban J connectivity index is 2.26. The number of ether oxygens (including phenoxy) is 2. The second-order valence-electron chi connectivity index (χ2n) is 4.89. The molecular formula is C16H20O4. The summed E-state index contributed by atoms with van der Waals surface area (Å²) in [5, 5.41) is 0. The van der Waals surface area contributed by atoms with Gasteiger partial charge >= 0.3 is 11.9 Å². The molecule has 4 nitrogen and oxygen atoms in total. The maximum Gasteiger partial charge on any atom is 0.310 e. The summed E-state index contributed by atoms with van der Waals surface area (Å²) in [4.78, 5) is 24.2. The van der Waals surface area contributed by atoms with Crippen molar-refractivity contribution in [2.45, 2.75) is 26.7 Å². The maximum atomic E-state index is 12.1. The van der Waals surface area contributed by atoms with Crippen molar-refractivity contribution in [1.82, 2.24) is 0 Å². The first-order chi connectivity index (χ1) is 9.67. The van der Waals surface area contributed by atoms with Crippen LogP contribution in [0.5, 0.6) is 0 Å². The highest BCUT2D eigenvalue weighted by Gasteiger charge is 2.39. The van der Waals surface area contributed by atoms with Gasteiger partial charge in [0.15, 0.2) is 0 Å². The lowest BCUT2D eigenvalue weighted by atomic mass is 9.76. The van der Waals surface area contributed by atoms with Crippen LogP contribution in [-0.4, -0.2) is 25.2 Å². The monoisotopic (exact) mass is 276 g/mol. The third-order valence-electron chi connectivity index (χ3n) is 3.66. The smallest absolute Gasteiger partial charge is 0.310 e. The number of carbonyl (C=O) groups excluding carboxylic acids is 2. The van der Waals surface area contributed by atoms with Gasteiger partial charge in [0.2, 0.25) is 0 Å². The zero-order valence-corrected chi connectivity index (χ0v) is 11.9. The van der Waals surface area contributed by atoms with E-state index < -0.39 is 11.8 Å². The average Bonchev–Trinajstić information content (AvgIpc) is 2.46. The number of hydrogen-bond acceptors (Lipinski definition) is 4. The van der Waals surface area contributed by atoms with Gasteiger partial charge in [-0.3, -0.25) is 9.59 Å². The lowest BCUT2D eigenvalue weighted by Gasteiger charge is -2.30. The van der Waals surface area contributed by atoms with Crippen molar-refractivity contribution < 1.29 is 19.1 Å². The number of rotatable bonds is 4. The molecule has 0 fully saturated rings. The molecular weight excluding hydrogens is 256 g/mol. The van der Waals surface area contributed by atoms with E-state index in [-0.39, 0.29) is 11.9 Å². The number of hydrogen-bond donors (Lipinski definition) is 0. The maximum absolute atomic E-state index is 12.1. The van der Waals surface area contributed by atoms with Gasteiger partial charge < -0.3 is 9.47 Å². The normalized spacial score (nSPS) is 20.9. The van der Waals surface area contributed by atoms with Gasteiger partial charge in [-0.2, -0.15) is 0 Å². The molecule has 0 bridgehead atoms. The molecule has 0 radical (unpaired) electrons. The van der Waals surface area contributed by atoms with E-state index in [9.17, 15) is 9.59 Å². The van der Waals surface area contributed by atoms with Gasteiger partial charge in [0, 0.05) is 0 Å². The van der Waals surface area contributed by atoms with E-state index in [1.54, 1.807) is 13.8 Å². The molecule has 0 saturated carbocycles. The molecule has 108 valence electrons. The Kier molecular flexibility index (Phi) is 4.77. The van der Waals surface area contributed by atoms with Crippen LogP contribution in [0, 0.1) is 11.8 Å². The van der Waals surface area contributed by atoms with E-state index in [1.807, 2.05) is 24.3 Å². The van der Waals surface area contributed by atoms with E-state index in [1.165, 1.54) is 0 Å². The fourth-order valence-electron chi connectivity index (χ4n) is 2.71. The lowest BCUT2D eigenvalue weighted by Crippen LogP contribution is -2.38. The first-order valence-corrected chi connectivity index (χ1v) is 7.07. The molecule has 2 rings (SSSR count). The lowest BCUT2D eigenvalue weighted by molar-refractivity contribution is -0.160. The largest absolute Gasteiger partial charge is 0.466 e. The number of carbonyl (C=O) groups is 2. The summed E-state index contributed by atoms with van der Waals surface area (Å²) in [6, 6.07) is 7.91. The van der Waals surface area contributed by atoms with Gasteiger partial charge in [0.1, 0.15) is 0 Å². The van der Waals surface area contributed by atoms with Crippen molar-refractivity contribution in [3.05, 3.63) is 35.4 Å². The predicted molar refractivity (Wildman–Crippen MR) is 74.1 cm³/mol. The summed E-state index contributed by atoms with van der Waals surface area (Å²) in [5.74, 6) is -1.49. The van der Waals surface area contributed by atoms with Gasteiger partial charge in [-0.05, 0) is 37.8 Å². The Bertz CT molecular complexity index is 450. The van der Waals surface area contributed by atoms with Crippen LogP contribution in [0.2, 0.25) is 0 Å². The molecule has 20 heavy (non-hydrogen) atoms. The minimum absolute atomic E-state index is 0.306. The Hall–Kier alpha value is -1.84. The van der Waals surface area contributed by atoms with E-state index in [0.29, 0.717) is 26.1 Å². The van der Waals surface area contributed by atoms with Crippen molar-refractivity contribution >= 4 is 11.9 Å². The second-order valence-corrected chi connectivity index (χ2v) is 4.89. The van der Waals surface area contributed by atoms with Crippen molar-refractivity contribution in [1.29, 1.82) is 0 Å². The van der Waals surface area contributed by atoms with Crippen LogP contribution in [0.15, 0.2) is 24.3 Å². The van der Waals surface area contributed by atoms with Crippen LogP contribution < -0.4 is 0 Å². The molecule has 1 aliphatic rings. The zero-order chi connectivity index (χ0) is 14.5. The van der Waals surface area contributed by atoms with Gasteiger partial charge in [-0.1, -0.05) is 24.3 Å². The molecule has 1 aromatic rings. The molecule has 0 unspecified atom stereocenters. The molecule has 0 saturated heterocycles. The van der Waals surface area contributed by atoms with Crippen LogP contribution in [0.1, 0.15) is 25.0 Å². The van der Waals surface area contributed by atoms with Gasteiger partial charge in [0.25, 0.3) is 0 Å². The summed E-state index contributed by atoms with van der Waals surface area (Å²) in [5.41, 5.74) is 2.23. The standard InChI is InChI=1S/C16H20O4/c1-3-19-15(17)13-9-11-7-5-6-8-12(11)10-14(13)16(18)20-4-2/h5-8,13-14H,3-4,9-10H2,1-2H3/t13-,14+. The fraction of sp³-hybridized carbons (Fsp3) is 0.500. The van der Waals surface area contributed by atoms with Crippen LogP contribution in [0.3, 0.4) is 0 Å². The number of benzene rings is 1. The third-order valence-corrected chi connectivity index (χ3v) is 3.66. The molecule has 1 aliphatic carbocycles. The fourth-order valence-corrected chi connectivity index (χ4v) is 2.71. The SMILES string of the molecule is CCOC(=O)[C@H]1Cc2ccccc2C[C@H]1C(=O)OCC. The molecule has 0 heterocycles. The second kappa shape index (κ2) is 6.55. The van der Waals surface area contributed by atoms with E-state index >= 15 is 0 Å². The molecule has 0 aliphatic heterocycles. The van der Waals surface area contributed by atoms with Crippen LogP contribution in [-0.2, 0) is 31.9 Å². The Labute approximate surface area is 119 Å². The average molecular weight is 276 g/mol. The van der Waals surface area contributed by atoms with Crippen LogP contribution in [0.4, 0.5) is 0 Å². The zero-order valence-electron chi connectivity index (χ0n) is 11.9. The Morgan fingerprint density at radius 2 is 1.35 bits per heavy atom. The quantitative estimate of drug-likeness (QED) is 0.791. The highest BCUT2D eigenvalue weighted by molar-refractivity contribution is 5.83. The first-order valence-electron chi connectivity index (χ1n) is 7.07. The summed E-state index contributed by atoms with van der Waals surface area (Å²) in [7, 11) is 0. The highest BCUT2D eigenvalue weighted by atomic mass is 16.5. The summed E-state index contributed by atoms with van der Waals surface area (Å²) in [6.45, 7) is 4.20. The van der Waals surface area contributed by atoms with Crippen molar-refractivity contribution in [3.63, 3.8) is 0 Å². The van der Waals surface area contributed by atoms with E-state index in [0.717, 1.165) is 11.1 Å². The van der Waals surface area contributed by atoms with Crippen LogP contribution >= 0.6 is 0 Å². The highest BCUT2D eigenvalue weighted by Crippen LogP contribution is 2.32. The topological polar surface area (TPSA) is 52.6 Å². The van der Waals surface area contributed by atoms with Crippen LogP contribution in [0.25, 0.3) is 0 Å². The minimum atomic E-state index is -0.441. The molecule has 1 aromatic carbocycles. The van der Waals surface area contributed by atoms with Crippen molar-refractivity contribution in [2.24, 2.45) is 11.8 Å². The van der Waals surface area contributed by atoms with Gasteiger partial charge in [-0.25, -0.2) is 0 Å². The van der Waals surface area contributed by atoms with Crippen molar-refractivity contribution in [3.8, 4) is 0 Å². The molecule has 4 heteroatoms. The summed E-state index contributed by atoms with van der Waals surface area (Å²) in [6.07, 6.45) is 1.08. The van der Waals surface area contributed by atoms with E-state index in [2.05, 4.69) is 0 Å². The number of esters is 2.